The van der Waals surface area contributed by atoms with E-state index in [0.717, 1.165) is 5.69 Å². The van der Waals surface area contributed by atoms with Crippen molar-refractivity contribution in [3.8, 4) is 0 Å². The van der Waals surface area contributed by atoms with Crippen LogP contribution < -0.4 is 5.43 Å². The summed E-state index contributed by atoms with van der Waals surface area (Å²) in [6.07, 6.45) is 1.28. The van der Waals surface area contributed by atoms with Gasteiger partial charge in [-0.15, -0.1) is 0 Å². The van der Waals surface area contributed by atoms with Gasteiger partial charge in [-0.2, -0.15) is 5.10 Å². The fourth-order valence-corrected chi connectivity index (χ4v) is 1.36. The molecule has 0 saturated carbocycles. The lowest BCUT2D eigenvalue weighted by Gasteiger charge is -1.98. The molecule has 0 aliphatic carbocycles. The van der Waals surface area contributed by atoms with Gasteiger partial charge < -0.3 is 0 Å². The number of hydrogen-bond acceptors (Lipinski definition) is 3. The van der Waals surface area contributed by atoms with Gasteiger partial charge in [0, 0.05) is 5.56 Å². The van der Waals surface area contributed by atoms with Crippen molar-refractivity contribution in [2.24, 2.45) is 5.10 Å². The molecular formula is C14H12N2O. The minimum atomic E-state index is -0.117. The van der Waals surface area contributed by atoms with E-state index in [2.05, 4.69) is 10.5 Å². The number of nitrogens with one attached hydrogen (secondary N) is 1. The van der Waals surface area contributed by atoms with Crippen molar-refractivity contribution < 1.29 is 4.79 Å². The molecule has 3 heteroatoms. The monoisotopic (exact) mass is 224 g/mol. The summed E-state index contributed by atoms with van der Waals surface area (Å²) in [5.74, 6) is -0.117. The second kappa shape index (κ2) is 5.61. The Balaban J connectivity index is 1.96. The highest BCUT2D eigenvalue weighted by molar-refractivity contribution is 6.35. The molecule has 0 atom stereocenters. The van der Waals surface area contributed by atoms with Crippen LogP contribution in [0.2, 0.25) is 0 Å². The molecule has 0 fully saturated rings. The van der Waals surface area contributed by atoms with Crippen molar-refractivity contribution in [2.75, 3.05) is 5.43 Å². The molecule has 17 heavy (non-hydrogen) atoms. The van der Waals surface area contributed by atoms with E-state index in [9.17, 15) is 4.79 Å². The number of hydrogen-bond donors (Lipinski definition) is 1. The molecule has 0 unspecified atom stereocenters. The Bertz CT molecular complexity index is 506. The lowest BCUT2D eigenvalue weighted by atomic mass is 10.1. The molecule has 0 aromatic heterocycles. The van der Waals surface area contributed by atoms with Gasteiger partial charge in [0.2, 0.25) is 5.78 Å². The number of carbonyl (C=O) groups excluding carboxylic acids is 1. The maximum Gasteiger partial charge on any atom is 0.205 e. The molecule has 2 rings (SSSR count). The average molecular weight is 224 g/mol. The Morgan fingerprint density at radius 3 is 2.18 bits per heavy atom. The number of rotatable bonds is 4. The van der Waals surface area contributed by atoms with E-state index in [1.165, 1.54) is 6.21 Å². The fourth-order valence-electron chi connectivity index (χ4n) is 1.36. The van der Waals surface area contributed by atoms with Crippen LogP contribution >= 0.6 is 0 Å². The molecule has 84 valence electrons. The van der Waals surface area contributed by atoms with Gasteiger partial charge in [0.05, 0.1) is 11.9 Å². The number of nitrogens with zero attached hydrogens (tertiary/aromatic N) is 1. The Kier molecular flexibility index (Phi) is 3.65. The molecule has 0 amide bonds. The van der Waals surface area contributed by atoms with Gasteiger partial charge >= 0.3 is 0 Å². The van der Waals surface area contributed by atoms with Crippen LogP contribution in [-0.2, 0) is 0 Å². The van der Waals surface area contributed by atoms with E-state index in [1.807, 2.05) is 48.5 Å². The number of para-hydroxylation sites is 1. The summed E-state index contributed by atoms with van der Waals surface area (Å²) < 4.78 is 0. The van der Waals surface area contributed by atoms with Gasteiger partial charge in [-0.3, -0.25) is 10.2 Å². The summed E-state index contributed by atoms with van der Waals surface area (Å²) in [6.45, 7) is 0. The van der Waals surface area contributed by atoms with Gasteiger partial charge in [0.1, 0.15) is 0 Å². The summed E-state index contributed by atoms with van der Waals surface area (Å²) in [5, 5.41) is 3.89. The molecule has 0 spiro atoms. The molecule has 0 bridgehead atoms. The summed E-state index contributed by atoms with van der Waals surface area (Å²) in [6, 6.07) is 18.5. The normalized spacial score (nSPS) is 10.4. The van der Waals surface area contributed by atoms with Crippen LogP contribution in [0.4, 0.5) is 5.69 Å². The van der Waals surface area contributed by atoms with Crippen LogP contribution in [0, 0.1) is 0 Å². The Labute approximate surface area is 99.8 Å². The number of benzene rings is 2. The zero-order valence-electron chi connectivity index (χ0n) is 9.21. The predicted octanol–water partition coefficient (Wildman–Crippen LogP) is 2.97. The third kappa shape index (κ3) is 3.28. The van der Waals surface area contributed by atoms with Gasteiger partial charge in [-0.1, -0.05) is 48.5 Å². The molecule has 2 aromatic carbocycles. The molecule has 0 aliphatic heterocycles. The van der Waals surface area contributed by atoms with Crippen LogP contribution in [0.1, 0.15) is 10.4 Å². The summed E-state index contributed by atoms with van der Waals surface area (Å²) >= 11 is 0. The second-order valence-corrected chi connectivity index (χ2v) is 3.47. The SMILES string of the molecule is O=C(/C=N\Nc1ccccc1)c1ccccc1. The van der Waals surface area contributed by atoms with Gasteiger partial charge in [0.25, 0.3) is 0 Å². The molecule has 3 nitrogen and oxygen atoms in total. The molecule has 0 heterocycles. The highest BCUT2D eigenvalue weighted by Gasteiger charge is 1.99. The van der Waals surface area contributed by atoms with Gasteiger partial charge in [0.15, 0.2) is 0 Å². The lowest BCUT2D eigenvalue weighted by Crippen LogP contribution is -2.01. The predicted molar refractivity (Wildman–Crippen MR) is 69.3 cm³/mol. The van der Waals surface area contributed by atoms with Crippen LogP contribution in [0.25, 0.3) is 0 Å². The first-order chi connectivity index (χ1) is 8.36. The Morgan fingerprint density at radius 2 is 1.53 bits per heavy atom. The third-order valence-electron chi connectivity index (χ3n) is 2.21. The summed E-state index contributed by atoms with van der Waals surface area (Å²) in [4.78, 5) is 11.6. The van der Waals surface area contributed by atoms with Crippen LogP contribution in [0.15, 0.2) is 65.8 Å². The van der Waals surface area contributed by atoms with E-state index in [0.29, 0.717) is 5.56 Å². The summed E-state index contributed by atoms with van der Waals surface area (Å²) in [5.41, 5.74) is 4.28. The smallest absolute Gasteiger partial charge is 0.205 e. The van der Waals surface area contributed by atoms with Crippen LogP contribution in [0.3, 0.4) is 0 Å². The average Bonchev–Trinajstić information content (AvgIpc) is 2.41. The summed E-state index contributed by atoms with van der Waals surface area (Å²) in [7, 11) is 0. The van der Waals surface area contributed by atoms with Crippen LogP contribution in [0.5, 0.6) is 0 Å². The molecule has 2 aromatic rings. The largest absolute Gasteiger partial charge is 0.287 e. The van der Waals surface area contributed by atoms with E-state index >= 15 is 0 Å². The van der Waals surface area contributed by atoms with Gasteiger partial charge in [-0.25, -0.2) is 0 Å². The van der Waals surface area contributed by atoms with Crippen molar-refractivity contribution in [3.05, 3.63) is 66.2 Å². The Morgan fingerprint density at radius 1 is 0.941 bits per heavy atom. The minimum absolute atomic E-state index is 0.117. The molecule has 0 radical (unpaired) electrons. The topological polar surface area (TPSA) is 41.5 Å². The molecule has 1 N–H and O–H groups in total. The zero-order chi connectivity index (χ0) is 11.9. The van der Waals surface area contributed by atoms with Crippen molar-refractivity contribution in [2.45, 2.75) is 0 Å². The van der Waals surface area contributed by atoms with E-state index in [-0.39, 0.29) is 5.78 Å². The first kappa shape index (κ1) is 11.1. The van der Waals surface area contributed by atoms with Crippen molar-refractivity contribution in [1.29, 1.82) is 0 Å². The van der Waals surface area contributed by atoms with E-state index in [1.54, 1.807) is 12.1 Å². The first-order valence-electron chi connectivity index (χ1n) is 5.30. The zero-order valence-corrected chi connectivity index (χ0v) is 9.21. The minimum Gasteiger partial charge on any atom is -0.287 e. The lowest BCUT2D eigenvalue weighted by molar-refractivity contribution is 0.107. The standard InChI is InChI=1S/C14H12N2O/c17-14(12-7-3-1-4-8-12)11-15-16-13-9-5-2-6-10-13/h1-11,16H/b15-11-. The first-order valence-corrected chi connectivity index (χ1v) is 5.30. The molecule has 0 aliphatic rings. The van der Waals surface area contributed by atoms with E-state index < -0.39 is 0 Å². The Hall–Kier alpha value is -2.42. The van der Waals surface area contributed by atoms with Crippen molar-refractivity contribution in [1.82, 2.24) is 0 Å². The van der Waals surface area contributed by atoms with E-state index in [4.69, 9.17) is 0 Å². The number of anilines is 1. The maximum absolute atomic E-state index is 11.6. The van der Waals surface area contributed by atoms with Gasteiger partial charge in [-0.05, 0) is 12.1 Å². The van der Waals surface area contributed by atoms with Crippen LogP contribution in [-0.4, -0.2) is 12.0 Å². The molecular weight excluding hydrogens is 212 g/mol. The third-order valence-corrected chi connectivity index (χ3v) is 2.21. The number of Topliss-reactive ketones (excluding diaryl/α,β-unsaturated/α-hetero) is 1. The number of carbonyl (C=O) groups is 1. The highest BCUT2D eigenvalue weighted by Crippen LogP contribution is 2.04. The quantitative estimate of drug-likeness (QED) is 0.493. The van der Waals surface area contributed by atoms with Crippen molar-refractivity contribution in [3.63, 3.8) is 0 Å². The maximum atomic E-state index is 11.6. The van der Waals surface area contributed by atoms with Crippen molar-refractivity contribution >= 4 is 17.7 Å². The highest BCUT2D eigenvalue weighted by atomic mass is 16.1. The fraction of sp³-hybridized carbons (Fsp3) is 0. The molecule has 0 saturated heterocycles. The number of hydrazone groups is 1. The number of ketones is 1. The second-order valence-electron chi connectivity index (χ2n) is 3.47.